The van der Waals surface area contributed by atoms with E-state index in [2.05, 4.69) is 26.9 Å². The van der Waals surface area contributed by atoms with E-state index < -0.39 is 22.1 Å². The fourth-order valence-corrected chi connectivity index (χ4v) is 10.4. The monoisotopic (exact) mass is 848 g/mol. The minimum absolute atomic E-state index is 0.0424. The summed E-state index contributed by atoms with van der Waals surface area (Å²) < 4.78 is 38.9. The van der Waals surface area contributed by atoms with Crippen LogP contribution in [0, 0.1) is 30.6 Å². The van der Waals surface area contributed by atoms with Gasteiger partial charge < -0.3 is 9.64 Å². The van der Waals surface area contributed by atoms with Gasteiger partial charge in [0.25, 0.3) is 11.8 Å². The Hall–Kier alpha value is -5.63. The zero-order valence-corrected chi connectivity index (χ0v) is 35.4. The lowest BCUT2D eigenvalue weighted by atomic mass is 9.89. The molecule has 16 heteroatoms. The standard InChI is InChI=1S/C44H48N8O6S2/c1-3-58-40(53)19-16-30-20-24-51(25-21-30)60(56,57)49-43(55)41-33(35-26-45-52(29(35)2)27-31-10-5-4-6-11-31)17-18-39(47-41)50-23-22-32-12-9-13-34(36(32)28-50)42(54)48-44-46-37-14-7-8-15-38(37)59-44/h7-9,12-15,17-18,26,30-31H,3-6,10-11,20-25,27-28H2,1-2H3,(H,49,55)(H,46,48,54). The molecule has 2 aliphatic heterocycles. The highest BCUT2D eigenvalue weighted by molar-refractivity contribution is 7.87. The van der Waals surface area contributed by atoms with E-state index in [4.69, 9.17) is 14.8 Å². The smallest absolute Gasteiger partial charge is 0.384 e. The fourth-order valence-electron chi connectivity index (χ4n) is 8.40. The fraction of sp³-hybridized carbons (Fsp3) is 0.409. The molecule has 1 saturated heterocycles. The van der Waals surface area contributed by atoms with Crippen LogP contribution in [0.15, 0.2) is 60.8 Å². The molecule has 14 nitrogen and oxygen atoms in total. The first kappa shape index (κ1) is 41.1. The number of hydrogen-bond acceptors (Lipinski definition) is 11. The summed E-state index contributed by atoms with van der Waals surface area (Å²) in [6.07, 6.45) is 9.12. The van der Waals surface area contributed by atoms with E-state index in [-0.39, 0.29) is 37.2 Å². The normalized spacial score (nSPS) is 16.5. The summed E-state index contributed by atoms with van der Waals surface area (Å²) >= 11 is 1.41. The van der Waals surface area contributed by atoms with Gasteiger partial charge in [-0.3, -0.25) is 19.6 Å². The molecule has 2 aromatic carbocycles. The average Bonchev–Trinajstić information content (AvgIpc) is 3.84. The van der Waals surface area contributed by atoms with Gasteiger partial charge in [0.15, 0.2) is 5.13 Å². The van der Waals surface area contributed by atoms with E-state index in [1.54, 1.807) is 19.2 Å². The molecule has 2 amide bonds. The van der Waals surface area contributed by atoms with Crippen molar-refractivity contribution in [2.45, 2.75) is 78.3 Å². The van der Waals surface area contributed by atoms with Gasteiger partial charge in [0, 0.05) is 66.9 Å². The quantitative estimate of drug-likeness (QED) is 0.0898. The Bertz CT molecular complexity index is 2560. The number of ether oxygens (including phenoxy) is 1. The van der Waals surface area contributed by atoms with E-state index in [1.807, 2.05) is 65.0 Å². The van der Waals surface area contributed by atoms with Crippen LogP contribution in [0.1, 0.15) is 89.5 Å². The van der Waals surface area contributed by atoms with E-state index in [9.17, 15) is 22.8 Å². The van der Waals surface area contributed by atoms with Crippen molar-refractivity contribution < 1.29 is 27.5 Å². The molecule has 0 atom stereocenters. The van der Waals surface area contributed by atoms with Crippen LogP contribution >= 0.6 is 11.3 Å². The van der Waals surface area contributed by atoms with Crippen LogP contribution in [0.5, 0.6) is 0 Å². The number of benzene rings is 2. The predicted octanol–water partition coefficient (Wildman–Crippen LogP) is 6.51. The van der Waals surface area contributed by atoms with Crippen molar-refractivity contribution >= 4 is 60.5 Å². The van der Waals surface area contributed by atoms with Crippen molar-refractivity contribution in [1.82, 2.24) is 28.8 Å². The second-order valence-corrected chi connectivity index (χ2v) is 18.3. The van der Waals surface area contributed by atoms with Crippen molar-refractivity contribution in [3.05, 3.63) is 88.9 Å². The van der Waals surface area contributed by atoms with Gasteiger partial charge in [-0.2, -0.15) is 17.8 Å². The number of carbonyl (C=O) groups excluding carboxylic acids is 3. The Morgan fingerprint density at radius 1 is 0.917 bits per heavy atom. The summed E-state index contributed by atoms with van der Waals surface area (Å²) in [5.41, 5.74) is 5.22. The van der Waals surface area contributed by atoms with E-state index in [0.29, 0.717) is 65.9 Å². The van der Waals surface area contributed by atoms with Gasteiger partial charge >= 0.3 is 16.2 Å². The molecule has 1 aliphatic carbocycles. The highest BCUT2D eigenvalue weighted by atomic mass is 32.2. The molecule has 2 N–H and O–H groups in total. The molecule has 0 bridgehead atoms. The molecule has 0 spiro atoms. The summed E-state index contributed by atoms with van der Waals surface area (Å²) in [6, 6.07) is 17.1. The van der Waals surface area contributed by atoms with Gasteiger partial charge in [-0.25, -0.2) is 19.5 Å². The van der Waals surface area contributed by atoms with Crippen LogP contribution in [0.4, 0.5) is 10.9 Å². The van der Waals surface area contributed by atoms with Crippen LogP contribution in [-0.2, 0) is 39.3 Å². The Labute approximate surface area is 353 Å². The first-order valence-corrected chi connectivity index (χ1v) is 22.9. The Morgan fingerprint density at radius 3 is 2.50 bits per heavy atom. The lowest BCUT2D eigenvalue weighted by Crippen LogP contribution is -2.47. The number of carbonyl (C=O) groups is 3. The van der Waals surface area contributed by atoms with Crippen molar-refractivity contribution in [3.63, 3.8) is 0 Å². The number of para-hydroxylation sites is 1. The number of pyridine rings is 1. The molecule has 8 rings (SSSR count). The first-order chi connectivity index (χ1) is 29.1. The van der Waals surface area contributed by atoms with Crippen LogP contribution in [0.25, 0.3) is 21.3 Å². The second kappa shape index (κ2) is 17.9. The number of thiazole rings is 1. The third-order valence-electron chi connectivity index (χ3n) is 11.7. The molecular formula is C44H48N8O6S2. The van der Waals surface area contributed by atoms with Crippen molar-refractivity contribution in [3.8, 4) is 23.0 Å². The summed E-state index contributed by atoms with van der Waals surface area (Å²) in [7, 11) is -4.27. The molecule has 5 aromatic rings. The third-order valence-corrected chi connectivity index (χ3v) is 14.1. The van der Waals surface area contributed by atoms with Crippen LogP contribution in [0.2, 0.25) is 0 Å². The lowest BCUT2D eigenvalue weighted by molar-refractivity contribution is -0.136. The number of anilines is 2. The van der Waals surface area contributed by atoms with Gasteiger partial charge in [-0.15, -0.1) is 0 Å². The minimum atomic E-state index is -4.27. The molecular weight excluding hydrogens is 801 g/mol. The van der Waals surface area contributed by atoms with E-state index >= 15 is 0 Å². The van der Waals surface area contributed by atoms with Gasteiger partial charge in [0.1, 0.15) is 11.5 Å². The summed E-state index contributed by atoms with van der Waals surface area (Å²) in [5.74, 6) is 4.46. The number of amides is 2. The number of hydrogen-bond donors (Lipinski definition) is 2. The second-order valence-electron chi connectivity index (χ2n) is 15.6. The van der Waals surface area contributed by atoms with Gasteiger partial charge in [0.2, 0.25) is 0 Å². The summed E-state index contributed by atoms with van der Waals surface area (Å²) in [4.78, 5) is 51.3. The van der Waals surface area contributed by atoms with Crippen LogP contribution < -0.4 is 14.9 Å². The molecule has 3 aromatic heterocycles. The molecule has 60 heavy (non-hydrogen) atoms. The molecule has 5 heterocycles. The lowest BCUT2D eigenvalue weighted by Gasteiger charge is -2.31. The molecule has 3 aliphatic rings. The Morgan fingerprint density at radius 2 is 1.72 bits per heavy atom. The van der Waals surface area contributed by atoms with Crippen molar-refractivity contribution in [2.24, 2.45) is 11.8 Å². The molecule has 312 valence electrons. The number of nitrogens with zero attached hydrogens (tertiary/aromatic N) is 6. The zero-order chi connectivity index (χ0) is 41.8. The van der Waals surface area contributed by atoms with Crippen molar-refractivity contribution in [1.29, 1.82) is 0 Å². The largest absolute Gasteiger partial charge is 0.456 e. The molecule has 0 unspecified atom stereocenters. The maximum absolute atomic E-state index is 14.3. The number of piperidine rings is 1. The number of rotatable bonds is 10. The minimum Gasteiger partial charge on any atom is -0.456 e. The molecule has 2 fully saturated rings. The summed E-state index contributed by atoms with van der Waals surface area (Å²) in [6.45, 7) is 5.83. The van der Waals surface area contributed by atoms with Gasteiger partial charge in [-0.05, 0) is 93.3 Å². The maximum atomic E-state index is 14.3. The van der Waals surface area contributed by atoms with E-state index in [1.165, 1.54) is 34.9 Å². The highest BCUT2D eigenvalue weighted by Gasteiger charge is 2.32. The average molecular weight is 849 g/mol. The van der Waals surface area contributed by atoms with Crippen molar-refractivity contribution in [2.75, 3.05) is 36.5 Å². The van der Waals surface area contributed by atoms with Crippen LogP contribution in [-0.4, -0.2) is 76.5 Å². The van der Waals surface area contributed by atoms with Crippen LogP contribution in [0.3, 0.4) is 0 Å². The van der Waals surface area contributed by atoms with Gasteiger partial charge in [0.05, 0.1) is 23.0 Å². The number of fused-ring (bicyclic) bond motifs is 2. The van der Waals surface area contributed by atoms with Gasteiger partial charge in [-0.1, -0.05) is 60.8 Å². The Balaban J connectivity index is 1.06. The topological polar surface area (TPSA) is 169 Å². The SMILES string of the molecule is CCOC(=O)C#CC1CCN(S(=O)(=O)NC(=O)c2nc(N3CCc4cccc(C(=O)Nc5nc6ccccc6s5)c4C3)ccc2-c2cnn(CC3CCCCC3)c2C)CC1. The Kier molecular flexibility index (Phi) is 12.3. The predicted molar refractivity (Wildman–Crippen MR) is 231 cm³/mol. The molecule has 0 radical (unpaired) electrons. The van der Waals surface area contributed by atoms with E-state index in [0.717, 1.165) is 46.4 Å². The zero-order valence-electron chi connectivity index (χ0n) is 33.8. The highest BCUT2D eigenvalue weighted by Crippen LogP contribution is 2.34. The summed E-state index contributed by atoms with van der Waals surface area (Å²) in [5, 5.41) is 8.22. The maximum Gasteiger partial charge on any atom is 0.384 e. The molecule has 1 saturated carbocycles. The number of nitrogens with one attached hydrogen (secondary N) is 2. The first-order valence-electron chi connectivity index (χ1n) is 20.6. The number of esters is 1. The third kappa shape index (κ3) is 9.08. The number of aromatic nitrogens is 4.